The van der Waals surface area contributed by atoms with E-state index in [4.69, 9.17) is 4.74 Å². The molecule has 1 heterocycles. The van der Waals surface area contributed by atoms with Crippen LogP contribution in [0.15, 0.2) is 0 Å². The van der Waals surface area contributed by atoms with Crippen molar-refractivity contribution in [1.29, 1.82) is 0 Å². The highest BCUT2D eigenvalue weighted by Crippen LogP contribution is 2.07. The topological polar surface area (TPSA) is 27.7 Å². The van der Waals surface area contributed by atoms with E-state index in [9.17, 15) is 0 Å². The van der Waals surface area contributed by atoms with Crippen LogP contribution >= 0.6 is 11.8 Å². The normalized spacial score (nSPS) is 21.5. The van der Waals surface area contributed by atoms with E-state index in [1.807, 2.05) is 11.8 Å². The first-order valence-corrected chi connectivity index (χ1v) is 8.73. The van der Waals surface area contributed by atoms with Crippen molar-refractivity contribution in [2.24, 2.45) is 5.92 Å². The van der Waals surface area contributed by atoms with Gasteiger partial charge in [0.2, 0.25) is 0 Å². The van der Waals surface area contributed by atoms with Crippen LogP contribution in [-0.2, 0) is 4.74 Å². The molecule has 114 valence electrons. The predicted molar refractivity (Wildman–Crippen MR) is 84.9 cm³/mol. The van der Waals surface area contributed by atoms with Gasteiger partial charge in [-0.2, -0.15) is 0 Å². The molecule has 0 spiro atoms. The van der Waals surface area contributed by atoms with Gasteiger partial charge in [-0.25, -0.2) is 0 Å². The zero-order chi connectivity index (χ0) is 14.1. The van der Waals surface area contributed by atoms with Crippen LogP contribution in [0.3, 0.4) is 0 Å². The molecule has 4 nitrogen and oxygen atoms in total. The average molecular weight is 289 g/mol. The average Bonchev–Trinajstić information content (AvgIpc) is 2.34. The molecule has 1 rings (SSSR count). The summed E-state index contributed by atoms with van der Waals surface area (Å²) < 4.78 is 5.88. The molecule has 0 aliphatic carbocycles. The second kappa shape index (κ2) is 10.00. The molecule has 0 saturated carbocycles. The number of rotatable bonds is 9. The second-order valence-electron chi connectivity index (χ2n) is 5.84. The molecule has 0 bridgehead atoms. The summed E-state index contributed by atoms with van der Waals surface area (Å²) >= 11 is 1.84. The van der Waals surface area contributed by atoms with Gasteiger partial charge in [0.25, 0.3) is 0 Å². The number of morpholine rings is 1. The fourth-order valence-corrected chi connectivity index (χ4v) is 2.90. The molecule has 1 atom stereocenters. The summed E-state index contributed by atoms with van der Waals surface area (Å²) in [4.78, 5) is 4.91. The van der Waals surface area contributed by atoms with E-state index in [0.717, 1.165) is 57.7 Å². The lowest BCUT2D eigenvalue weighted by Crippen LogP contribution is -2.48. The van der Waals surface area contributed by atoms with Crippen molar-refractivity contribution < 1.29 is 4.74 Å². The molecular weight excluding hydrogens is 258 g/mol. The lowest BCUT2D eigenvalue weighted by atomic mass is 10.2. The Labute approximate surface area is 123 Å². The number of hydrogen-bond acceptors (Lipinski definition) is 5. The smallest absolute Gasteiger partial charge is 0.0829 e. The molecule has 0 amide bonds. The lowest BCUT2D eigenvalue weighted by Gasteiger charge is -2.35. The summed E-state index contributed by atoms with van der Waals surface area (Å²) in [6.45, 7) is 12.0. The maximum absolute atomic E-state index is 5.88. The van der Waals surface area contributed by atoms with Crippen molar-refractivity contribution in [2.45, 2.75) is 20.0 Å². The highest BCUT2D eigenvalue weighted by molar-refractivity contribution is 7.98. The van der Waals surface area contributed by atoms with Crippen LogP contribution in [-0.4, -0.2) is 81.0 Å². The van der Waals surface area contributed by atoms with Crippen LogP contribution in [0.1, 0.15) is 13.8 Å². The van der Waals surface area contributed by atoms with Crippen LogP contribution in [0.2, 0.25) is 0 Å². The number of ether oxygens (including phenoxy) is 1. The number of nitrogens with zero attached hydrogens (tertiary/aromatic N) is 2. The number of hydrogen-bond donors (Lipinski definition) is 1. The molecule has 0 aromatic heterocycles. The Kier molecular flexibility index (Phi) is 9.07. The zero-order valence-corrected chi connectivity index (χ0v) is 13.8. The van der Waals surface area contributed by atoms with E-state index in [2.05, 4.69) is 42.3 Å². The van der Waals surface area contributed by atoms with Crippen molar-refractivity contribution in [3.63, 3.8) is 0 Å². The third-order valence-corrected chi connectivity index (χ3v) is 3.76. The Balaban J connectivity index is 2.18. The zero-order valence-electron chi connectivity index (χ0n) is 13.0. The van der Waals surface area contributed by atoms with Crippen molar-refractivity contribution in [3.05, 3.63) is 0 Å². The van der Waals surface area contributed by atoms with Gasteiger partial charge >= 0.3 is 0 Å². The van der Waals surface area contributed by atoms with Crippen LogP contribution in [0, 0.1) is 5.92 Å². The quantitative estimate of drug-likeness (QED) is 0.508. The SMILES string of the molecule is CSCNCCN1CCO[C@H](CN(C)CC(C)C)C1. The van der Waals surface area contributed by atoms with Gasteiger partial charge in [-0.15, -0.1) is 11.8 Å². The Hall–Kier alpha value is 0.190. The minimum Gasteiger partial charge on any atom is -0.374 e. The Bertz CT molecular complexity index is 229. The van der Waals surface area contributed by atoms with Crippen molar-refractivity contribution in [1.82, 2.24) is 15.1 Å². The van der Waals surface area contributed by atoms with Gasteiger partial charge in [0, 0.05) is 45.1 Å². The minimum absolute atomic E-state index is 0.373. The Morgan fingerprint density at radius 3 is 2.95 bits per heavy atom. The summed E-state index contributed by atoms with van der Waals surface area (Å²) in [5, 5.41) is 3.43. The van der Waals surface area contributed by atoms with E-state index in [0.29, 0.717) is 6.10 Å². The first-order valence-electron chi connectivity index (χ1n) is 7.34. The van der Waals surface area contributed by atoms with Crippen molar-refractivity contribution in [3.8, 4) is 0 Å². The molecule has 1 saturated heterocycles. The fraction of sp³-hybridized carbons (Fsp3) is 1.00. The largest absolute Gasteiger partial charge is 0.374 e. The molecule has 1 aliphatic rings. The van der Waals surface area contributed by atoms with Crippen LogP contribution < -0.4 is 5.32 Å². The molecule has 1 N–H and O–H groups in total. The minimum atomic E-state index is 0.373. The fourth-order valence-electron chi connectivity index (χ4n) is 2.55. The standard InChI is InChI=1S/C14H31N3OS/c1-13(2)9-16(3)10-14-11-17(7-8-18-14)6-5-15-12-19-4/h13-15H,5-12H2,1-4H3/t14-/m1/s1. The van der Waals surface area contributed by atoms with Crippen LogP contribution in [0.25, 0.3) is 0 Å². The van der Waals surface area contributed by atoms with Gasteiger partial charge in [0.05, 0.1) is 12.7 Å². The van der Waals surface area contributed by atoms with E-state index in [-0.39, 0.29) is 0 Å². The Morgan fingerprint density at radius 2 is 2.26 bits per heavy atom. The molecule has 5 heteroatoms. The monoisotopic (exact) mass is 289 g/mol. The van der Waals surface area contributed by atoms with Gasteiger partial charge in [-0.05, 0) is 19.2 Å². The van der Waals surface area contributed by atoms with Crippen LogP contribution in [0.4, 0.5) is 0 Å². The molecular formula is C14H31N3OS. The molecule has 0 unspecified atom stereocenters. The van der Waals surface area contributed by atoms with E-state index in [1.165, 1.54) is 0 Å². The van der Waals surface area contributed by atoms with Crippen molar-refractivity contribution >= 4 is 11.8 Å². The molecule has 0 radical (unpaired) electrons. The van der Waals surface area contributed by atoms with E-state index >= 15 is 0 Å². The number of thioether (sulfide) groups is 1. The summed E-state index contributed by atoms with van der Waals surface area (Å²) in [6, 6.07) is 0. The summed E-state index contributed by atoms with van der Waals surface area (Å²) in [5.74, 6) is 1.77. The van der Waals surface area contributed by atoms with Gasteiger partial charge in [-0.3, -0.25) is 4.90 Å². The van der Waals surface area contributed by atoms with E-state index < -0.39 is 0 Å². The predicted octanol–water partition coefficient (Wildman–Crippen LogP) is 1.19. The highest BCUT2D eigenvalue weighted by Gasteiger charge is 2.21. The number of nitrogens with one attached hydrogen (secondary N) is 1. The molecule has 1 fully saturated rings. The molecule has 0 aromatic rings. The molecule has 1 aliphatic heterocycles. The van der Waals surface area contributed by atoms with Gasteiger partial charge in [0.15, 0.2) is 0 Å². The third kappa shape index (κ3) is 8.15. The van der Waals surface area contributed by atoms with E-state index in [1.54, 1.807) is 0 Å². The summed E-state index contributed by atoms with van der Waals surface area (Å²) in [5.41, 5.74) is 0. The van der Waals surface area contributed by atoms with Crippen molar-refractivity contribution in [2.75, 3.05) is 65.1 Å². The first-order chi connectivity index (χ1) is 9.11. The van der Waals surface area contributed by atoms with Gasteiger partial charge < -0.3 is 15.0 Å². The summed E-state index contributed by atoms with van der Waals surface area (Å²) in [7, 11) is 2.20. The number of likely N-dealkylation sites (N-methyl/N-ethyl adjacent to an activating group) is 1. The molecule has 19 heavy (non-hydrogen) atoms. The second-order valence-corrected chi connectivity index (χ2v) is 6.71. The third-order valence-electron chi connectivity index (χ3n) is 3.27. The maximum atomic E-state index is 5.88. The molecule has 0 aromatic carbocycles. The summed E-state index contributed by atoms with van der Waals surface area (Å²) in [6.07, 6.45) is 2.50. The lowest BCUT2D eigenvalue weighted by molar-refractivity contribution is -0.0408. The highest BCUT2D eigenvalue weighted by atomic mass is 32.2. The first kappa shape index (κ1) is 17.2. The maximum Gasteiger partial charge on any atom is 0.0829 e. The van der Waals surface area contributed by atoms with Crippen LogP contribution in [0.5, 0.6) is 0 Å². The Morgan fingerprint density at radius 1 is 1.47 bits per heavy atom. The van der Waals surface area contributed by atoms with Gasteiger partial charge in [0.1, 0.15) is 0 Å². The van der Waals surface area contributed by atoms with Gasteiger partial charge in [-0.1, -0.05) is 13.8 Å².